The molecule has 1 N–H and O–H groups in total. The van der Waals surface area contributed by atoms with E-state index in [1.165, 1.54) is 17.3 Å². The lowest BCUT2D eigenvalue weighted by Gasteiger charge is -2.30. The normalized spacial score (nSPS) is 19.6. The zero-order chi connectivity index (χ0) is 20.7. The number of hydrogen-bond acceptors (Lipinski definition) is 5. The van der Waals surface area contributed by atoms with Crippen molar-refractivity contribution in [2.75, 3.05) is 0 Å². The van der Waals surface area contributed by atoms with Crippen molar-refractivity contribution in [3.05, 3.63) is 104 Å². The predicted molar refractivity (Wildman–Crippen MR) is 128 cm³/mol. The van der Waals surface area contributed by atoms with Crippen molar-refractivity contribution in [2.45, 2.75) is 12.8 Å². The molecule has 0 aliphatic carbocycles. The Morgan fingerprint density at radius 2 is 1.87 bits per heavy atom. The Labute approximate surface area is 188 Å². The molecule has 2 aliphatic rings. The molecule has 3 heterocycles. The molecule has 1 amide bonds. The lowest BCUT2D eigenvalue weighted by atomic mass is 9.81. The van der Waals surface area contributed by atoms with Crippen LogP contribution >= 0.6 is 35.3 Å². The molecule has 30 heavy (non-hydrogen) atoms. The molecule has 3 nitrogen and oxygen atoms in total. The molecule has 5 rings (SSSR count). The van der Waals surface area contributed by atoms with Crippen molar-refractivity contribution in [1.82, 2.24) is 5.32 Å². The fourth-order valence-corrected chi connectivity index (χ4v) is 5.47. The summed E-state index contributed by atoms with van der Waals surface area (Å²) in [6, 6.07) is 20.7. The molecule has 2 aliphatic heterocycles. The van der Waals surface area contributed by atoms with Gasteiger partial charge in [-0.3, -0.25) is 4.79 Å². The van der Waals surface area contributed by atoms with Gasteiger partial charge in [-0.15, -0.1) is 11.3 Å². The van der Waals surface area contributed by atoms with Crippen molar-refractivity contribution in [2.24, 2.45) is 0 Å². The molecular weight excluding hydrogens is 430 g/mol. The Balaban J connectivity index is 1.77. The third kappa shape index (κ3) is 3.51. The van der Waals surface area contributed by atoms with Crippen LogP contribution in [0.25, 0.3) is 5.76 Å². The number of rotatable bonds is 3. The molecule has 0 saturated carbocycles. The maximum absolute atomic E-state index is 12.4. The Morgan fingerprint density at radius 3 is 2.57 bits per heavy atom. The van der Waals surface area contributed by atoms with E-state index < -0.39 is 0 Å². The summed E-state index contributed by atoms with van der Waals surface area (Å²) < 4.78 is 6.89. The lowest BCUT2D eigenvalue weighted by molar-refractivity contribution is -0.115. The number of allylic oxidation sites excluding steroid dienone is 2. The molecule has 1 aromatic heterocycles. The zero-order valence-corrected chi connectivity index (χ0v) is 18.5. The van der Waals surface area contributed by atoms with Crippen molar-refractivity contribution in [1.29, 1.82) is 0 Å². The third-order valence-electron chi connectivity index (χ3n) is 5.10. The molecular formula is C24H17NO2S3. The average molecular weight is 448 g/mol. The van der Waals surface area contributed by atoms with Gasteiger partial charge >= 0.3 is 0 Å². The quantitative estimate of drug-likeness (QED) is 0.393. The van der Waals surface area contributed by atoms with E-state index in [0.717, 1.165) is 33.1 Å². The highest BCUT2D eigenvalue weighted by molar-refractivity contribution is 8.26. The van der Waals surface area contributed by atoms with Crippen LogP contribution in [0, 0.1) is 6.92 Å². The minimum Gasteiger partial charge on any atom is -0.455 e. The van der Waals surface area contributed by atoms with Gasteiger partial charge in [0.05, 0.1) is 9.78 Å². The van der Waals surface area contributed by atoms with Gasteiger partial charge in [0, 0.05) is 17.1 Å². The monoisotopic (exact) mass is 447 g/mol. The van der Waals surface area contributed by atoms with Gasteiger partial charge < -0.3 is 10.1 Å². The van der Waals surface area contributed by atoms with Gasteiger partial charge in [-0.25, -0.2) is 0 Å². The van der Waals surface area contributed by atoms with E-state index in [-0.39, 0.29) is 11.8 Å². The van der Waals surface area contributed by atoms with Crippen LogP contribution in [0.3, 0.4) is 0 Å². The summed E-state index contributed by atoms with van der Waals surface area (Å²) in [6.45, 7) is 2.08. The van der Waals surface area contributed by atoms with Crippen molar-refractivity contribution in [3.8, 4) is 5.75 Å². The van der Waals surface area contributed by atoms with E-state index in [0.29, 0.717) is 9.23 Å². The van der Waals surface area contributed by atoms with Crippen molar-refractivity contribution < 1.29 is 9.53 Å². The summed E-state index contributed by atoms with van der Waals surface area (Å²) in [6.07, 6.45) is 1.94. The van der Waals surface area contributed by atoms with Crippen LogP contribution in [0.5, 0.6) is 5.75 Å². The van der Waals surface area contributed by atoms with Crippen LogP contribution in [0.1, 0.15) is 27.5 Å². The number of hydrogen-bond donors (Lipinski definition) is 1. The van der Waals surface area contributed by atoms with E-state index in [1.54, 1.807) is 11.3 Å². The van der Waals surface area contributed by atoms with Gasteiger partial charge in [0.2, 0.25) is 0 Å². The second kappa shape index (κ2) is 7.87. The van der Waals surface area contributed by atoms with E-state index in [2.05, 4.69) is 42.6 Å². The highest BCUT2D eigenvalue weighted by atomic mass is 32.2. The first kappa shape index (κ1) is 19.3. The molecule has 0 bridgehead atoms. The van der Waals surface area contributed by atoms with Crippen LogP contribution in [-0.2, 0) is 4.79 Å². The summed E-state index contributed by atoms with van der Waals surface area (Å²) >= 11 is 8.11. The van der Waals surface area contributed by atoms with Crippen molar-refractivity contribution >= 4 is 51.3 Å². The van der Waals surface area contributed by atoms with Crippen LogP contribution in [0.4, 0.5) is 0 Å². The van der Waals surface area contributed by atoms with Gasteiger partial charge in [-0.2, -0.15) is 0 Å². The molecule has 0 spiro atoms. The van der Waals surface area contributed by atoms with Crippen molar-refractivity contribution in [3.63, 3.8) is 0 Å². The number of carbonyl (C=O) groups is 1. The Kier molecular flexibility index (Phi) is 5.06. The lowest BCUT2D eigenvalue weighted by Crippen LogP contribution is -2.19. The molecule has 2 aromatic carbocycles. The first-order chi connectivity index (χ1) is 14.6. The minimum absolute atomic E-state index is 0.0530. The SMILES string of the molecule is Cc1ccc([C@@H]2C(/C=C3/SC(=S)NC3=O)=C(c3cccs3)Oc3ccccc32)cc1. The largest absolute Gasteiger partial charge is 0.455 e. The molecule has 0 unspecified atom stereocenters. The topological polar surface area (TPSA) is 38.3 Å². The number of thiocarbonyl (C=S) groups is 1. The minimum atomic E-state index is -0.162. The maximum atomic E-state index is 12.4. The van der Waals surface area contributed by atoms with Crippen LogP contribution < -0.4 is 10.1 Å². The van der Waals surface area contributed by atoms with Gasteiger partial charge in [0.25, 0.3) is 5.91 Å². The van der Waals surface area contributed by atoms with Crippen LogP contribution in [0.15, 0.2) is 82.6 Å². The first-order valence-corrected chi connectivity index (χ1v) is 11.6. The highest BCUT2D eigenvalue weighted by Crippen LogP contribution is 2.47. The van der Waals surface area contributed by atoms with E-state index in [4.69, 9.17) is 17.0 Å². The molecule has 1 saturated heterocycles. The summed E-state index contributed by atoms with van der Waals surface area (Å²) in [5, 5.41) is 4.75. The zero-order valence-electron chi connectivity index (χ0n) is 16.0. The number of thioether (sulfide) groups is 1. The number of aryl methyl sites for hydroxylation is 1. The van der Waals surface area contributed by atoms with E-state index >= 15 is 0 Å². The molecule has 1 atom stereocenters. The Bertz CT molecular complexity index is 1210. The fourth-order valence-electron chi connectivity index (χ4n) is 3.71. The summed E-state index contributed by atoms with van der Waals surface area (Å²) in [5.41, 5.74) is 4.41. The average Bonchev–Trinajstić information content (AvgIpc) is 3.38. The standard InChI is InChI=1S/C24H17NO2S3/c1-14-8-10-15(11-9-14)21-16-5-2-3-6-18(16)27-22(19-7-4-12-29-19)17(21)13-20-23(26)25-24(28)30-20/h2-13,21H,1H3,(H,25,26,28)/b20-13+/t21-/m0/s1. The summed E-state index contributed by atoms with van der Waals surface area (Å²) in [4.78, 5) is 14.1. The Morgan fingerprint density at radius 1 is 1.07 bits per heavy atom. The smallest absolute Gasteiger partial charge is 0.263 e. The Hall–Kier alpha value is -2.67. The third-order valence-corrected chi connectivity index (χ3v) is 7.13. The van der Waals surface area contributed by atoms with Crippen LogP contribution in [-0.4, -0.2) is 10.2 Å². The molecule has 0 radical (unpaired) electrons. The number of para-hydroxylation sites is 1. The van der Waals surface area contributed by atoms with Gasteiger partial charge in [-0.05, 0) is 36.1 Å². The first-order valence-electron chi connectivity index (χ1n) is 9.46. The van der Waals surface area contributed by atoms with Gasteiger partial charge in [0.1, 0.15) is 15.8 Å². The number of fused-ring (bicyclic) bond motifs is 1. The van der Waals surface area contributed by atoms with Gasteiger partial charge in [0.15, 0.2) is 0 Å². The number of nitrogens with one attached hydrogen (secondary N) is 1. The van der Waals surface area contributed by atoms with Gasteiger partial charge in [-0.1, -0.05) is 78.1 Å². The summed E-state index contributed by atoms with van der Waals surface area (Å²) in [7, 11) is 0. The highest BCUT2D eigenvalue weighted by Gasteiger charge is 2.33. The molecule has 148 valence electrons. The number of amides is 1. The number of benzene rings is 2. The predicted octanol–water partition coefficient (Wildman–Crippen LogP) is 6.02. The maximum Gasteiger partial charge on any atom is 0.263 e. The summed E-state index contributed by atoms with van der Waals surface area (Å²) in [5.74, 6) is 1.41. The number of ether oxygens (including phenoxy) is 1. The number of carbonyl (C=O) groups excluding carboxylic acids is 1. The fraction of sp³-hybridized carbons (Fsp3) is 0.0833. The second-order valence-electron chi connectivity index (χ2n) is 7.10. The van der Waals surface area contributed by atoms with Crippen LogP contribution in [0.2, 0.25) is 0 Å². The second-order valence-corrected chi connectivity index (χ2v) is 9.76. The van der Waals surface area contributed by atoms with E-state index in [1.807, 2.05) is 41.8 Å². The molecule has 1 fully saturated rings. The molecule has 6 heteroatoms. The molecule has 3 aromatic rings. The number of thiophene rings is 1. The van der Waals surface area contributed by atoms with E-state index in [9.17, 15) is 4.79 Å².